The molecule has 0 aromatic heterocycles. The van der Waals surface area contributed by atoms with E-state index in [0.29, 0.717) is 5.69 Å². The number of hydrogen-bond donors (Lipinski definition) is 6. The summed E-state index contributed by atoms with van der Waals surface area (Å²) in [5, 5.41) is 13.9. The molecule has 33 heavy (non-hydrogen) atoms. The van der Waals surface area contributed by atoms with E-state index in [-0.39, 0.29) is 22.8 Å². The number of esters is 1. The van der Waals surface area contributed by atoms with E-state index < -0.39 is 49.4 Å². The smallest absolute Gasteiger partial charge is 0.340 e. The Hall–Kier alpha value is -4.61. The van der Waals surface area contributed by atoms with E-state index in [1.165, 1.54) is 24.3 Å². The Morgan fingerprint density at radius 1 is 1.06 bits per heavy atom. The van der Waals surface area contributed by atoms with E-state index in [4.69, 9.17) is 27.0 Å². The van der Waals surface area contributed by atoms with Gasteiger partial charge in [0.2, 0.25) is 5.91 Å². The highest BCUT2D eigenvalue weighted by atomic mass is 16.5. The lowest BCUT2D eigenvalue weighted by atomic mass is 10.2. The number of nitrogens with two attached hydrogens (primary N) is 3. The van der Waals surface area contributed by atoms with Crippen molar-refractivity contribution < 1.29 is 29.0 Å². The van der Waals surface area contributed by atoms with Crippen LogP contribution >= 0.6 is 0 Å². The number of nitrogens with one attached hydrogen (secondary N) is 2. The van der Waals surface area contributed by atoms with Gasteiger partial charge < -0.3 is 37.7 Å². The van der Waals surface area contributed by atoms with Gasteiger partial charge in [-0.25, -0.2) is 9.79 Å². The number of guanidine groups is 1. The molecule has 12 nitrogen and oxygen atoms in total. The molecular formula is C21H24N6O6. The summed E-state index contributed by atoms with van der Waals surface area (Å²) in [5.74, 6) is -3.39. The molecule has 2 aromatic rings. The van der Waals surface area contributed by atoms with Crippen LogP contribution in [-0.2, 0) is 14.3 Å². The Balaban J connectivity index is 1.92. The standard InChI is InChI=1S/C21H24N6O6/c22-16-7-2-1-6-15(16)20(32)33-11-14(9-18(29)30)26-17(28)10-25-19(31)12-4-3-5-13(8-12)27-21(23)24/h1-8,14H,9-11,22H2,(H,25,31)(H,26,28)(H,29,30)(H4,23,24,27)/t14-/m0/s1. The Morgan fingerprint density at radius 2 is 1.79 bits per heavy atom. The molecule has 2 amide bonds. The predicted octanol–water partition coefficient (Wildman–Crippen LogP) is -0.280. The fraction of sp³-hybridized carbons (Fsp3) is 0.190. The molecule has 0 saturated carbocycles. The molecule has 0 radical (unpaired) electrons. The van der Waals surface area contributed by atoms with Gasteiger partial charge in [-0.3, -0.25) is 14.4 Å². The first-order valence-electron chi connectivity index (χ1n) is 9.66. The number of aliphatic imine (C=N–C) groups is 1. The topological polar surface area (TPSA) is 212 Å². The summed E-state index contributed by atoms with van der Waals surface area (Å²) in [6.07, 6.45) is -0.502. The fourth-order valence-electron chi connectivity index (χ4n) is 2.71. The lowest BCUT2D eigenvalue weighted by Gasteiger charge is -2.17. The minimum atomic E-state index is -1.21. The number of amides is 2. The van der Waals surface area contributed by atoms with Gasteiger partial charge >= 0.3 is 11.9 Å². The Bertz CT molecular complexity index is 1070. The molecule has 174 valence electrons. The summed E-state index contributed by atoms with van der Waals surface area (Å²) in [5.41, 5.74) is 17.2. The van der Waals surface area contributed by atoms with Crippen LogP contribution in [0.15, 0.2) is 53.5 Å². The van der Waals surface area contributed by atoms with E-state index in [1.807, 2.05) is 0 Å². The molecular weight excluding hydrogens is 432 g/mol. The van der Waals surface area contributed by atoms with Crippen LogP contribution < -0.4 is 27.8 Å². The van der Waals surface area contributed by atoms with Gasteiger partial charge in [-0.05, 0) is 30.3 Å². The van der Waals surface area contributed by atoms with Gasteiger partial charge in [0, 0.05) is 11.3 Å². The first-order valence-corrected chi connectivity index (χ1v) is 9.66. The molecule has 0 aliphatic carbocycles. The second kappa shape index (κ2) is 11.7. The van der Waals surface area contributed by atoms with E-state index >= 15 is 0 Å². The van der Waals surface area contributed by atoms with Crippen molar-refractivity contribution in [1.29, 1.82) is 0 Å². The normalized spacial score (nSPS) is 11.0. The number of benzene rings is 2. The van der Waals surface area contributed by atoms with Crippen LogP contribution in [0, 0.1) is 0 Å². The number of carboxylic acid groups (broad SMARTS) is 1. The van der Waals surface area contributed by atoms with E-state index in [1.54, 1.807) is 24.3 Å². The Morgan fingerprint density at radius 3 is 2.45 bits per heavy atom. The second-order valence-electron chi connectivity index (χ2n) is 6.82. The third-order valence-corrected chi connectivity index (χ3v) is 4.16. The number of nitrogens with zero attached hydrogens (tertiary/aromatic N) is 1. The summed E-state index contributed by atoms with van der Waals surface area (Å²) in [6, 6.07) is 11.3. The van der Waals surface area contributed by atoms with Crippen LogP contribution in [0.5, 0.6) is 0 Å². The molecule has 2 aromatic carbocycles. The molecule has 0 bridgehead atoms. The second-order valence-corrected chi connectivity index (χ2v) is 6.82. The van der Waals surface area contributed by atoms with Crippen LogP contribution in [0.25, 0.3) is 0 Å². The number of nitrogen functional groups attached to an aromatic ring is 1. The molecule has 9 N–H and O–H groups in total. The third-order valence-electron chi connectivity index (χ3n) is 4.16. The first kappa shape index (κ1) is 24.7. The van der Waals surface area contributed by atoms with Crippen molar-refractivity contribution in [1.82, 2.24) is 10.6 Å². The summed E-state index contributed by atoms with van der Waals surface area (Å²) >= 11 is 0. The van der Waals surface area contributed by atoms with Gasteiger partial charge in [0.25, 0.3) is 5.91 Å². The van der Waals surface area contributed by atoms with Crippen molar-refractivity contribution in [2.45, 2.75) is 12.5 Å². The zero-order valence-electron chi connectivity index (χ0n) is 17.5. The number of ether oxygens (including phenoxy) is 1. The van der Waals surface area contributed by atoms with E-state index in [0.717, 1.165) is 0 Å². The minimum Gasteiger partial charge on any atom is -0.481 e. The third kappa shape index (κ3) is 8.20. The number of aliphatic carboxylic acids is 1. The molecule has 0 fully saturated rings. The average molecular weight is 456 g/mol. The van der Waals surface area contributed by atoms with Crippen molar-refractivity contribution in [3.63, 3.8) is 0 Å². The monoisotopic (exact) mass is 456 g/mol. The molecule has 0 spiro atoms. The van der Waals surface area contributed by atoms with Gasteiger partial charge in [-0.1, -0.05) is 18.2 Å². The first-order chi connectivity index (χ1) is 15.7. The molecule has 0 saturated heterocycles. The van der Waals surface area contributed by atoms with Crippen LogP contribution in [-0.4, -0.2) is 54.0 Å². The predicted molar refractivity (Wildman–Crippen MR) is 120 cm³/mol. The van der Waals surface area contributed by atoms with Crippen molar-refractivity contribution in [3.8, 4) is 0 Å². The van der Waals surface area contributed by atoms with Crippen molar-refractivity contribution in [3.05, 3.63) is 59.7 Å². The summed E-state index contributed by atoms with van der Waals surface area (Å²) < 4.78 is 5.10. The summed E-state index contributed by atoms with van der Waals surface area (Å²) in [4.78, 5) is 51.6. The molecule has 12 heteroatoms. The number of hydrogen-bond acceptors (Lipinski definition) is 7. The highest BCUT2D eigenvalue weighted by molar-refractivity contribution is 5.97. The van der Waals surface area contributed by atoms with Crippen LogP contribution in [0.2, 0.25) is 0 Å². The SMILES string of the molecule is NC(N)=Nc1cccc(C(=O)NCC(=O)N[C@H](COC(=O)c2ccccc2N)CC(=O)O)c1. The largest absolute Gasteiger partial charge is 0.481 e. The lowest BCUT2D eigenvalue weighted by Crippen LogP contribution is -2.45. The lowest BCUT2D eigenvalue weighted by molar-refractivity contribution is -0.138. The number of carbonyl (C=O) groups excluding carboxylic acids is 3. The Kier molecular flexibility index (Phi) is 8.74. The average Bonchev–Trinajstić information content (AvgIpc) is 2.75. The Labute approximate surface area is 188 Å². The highest BCUT2D eigenvalue weighted by Gasteiger charge is 2.20. The molecule has 2 rings (SSSR count). The number of carbonyl (C=O) groups is 4. The van der Waals surface area contributed by atoms with E-state index in [9.17, 15) is 19.2 Å². The molecule has 0 heterocycles. The molecule has 0 unspecified atom stereocenters. The van der Waals surface area contributed by atoms with Crippen molar-refractivity contribution in [2.24, 2.45) is 16.5 Å². The maximum absolute atomic E-state index is 12.3. The van der Waals surface area contributed by atoms with Gasteiger partial charge in [0.05, 0.1) is 30.3 Å². The number of rotatable bonds is 10. The summed E-state index contributed by atoms with van der Waals surface area (Å²) in [7, 11) is 0. The fourth-order valence-corrected chi connectivity index (χ4v) is 2.71. The van der Waals surface area contributed by atoms with Crippen LogP contribution in [0.1, 0.15) is 27.1 Å². The number of carboxylic acids is 1. The maximum atomic E-state index is 12.3. The highest BCUT2D eigenvalue weighted by Crippen LogP contribution is 2.14. The maximum Gasteiger partial charge on any atom is 0.340 e. The van der Waals surface area contributed by atoms with Crippen LogP contribution in [0.3, 0.4) is 0 Å². The summed E-state index contributed by atoms with van der Waals surface area (Å²) in [6.45, 7) is -0.846. The van der Waals surface area contributed by atoms with Gasteiger partial charge in [0.1, 0.15) is 6.61 Å². The molecule has 1 atom stereocenters. The molecule has 0 aliphatic heterocycles. The number of anilines is 1. The van der Waals surface area contributed by atoms with E-state index in [2.05, 4.69) is 15.6 Å². The minimum absolute atomic E-state index is 0.119. The molecule has 0 aliphatic rings. The quantitative estimate of drug-likeness (QED) is 0.120. The van der Waals surface area contributed by atoms with Gasteiger partial charge in [-0.15, -0.1) is 0 Å². The van der Waals surface area contributed by atoms with Crippen LogP contribution in [0.4, 0.5) is 11.4 Å². The van der Waals surface area contributed by atoms with Crippen molar-refractivity contribution in [2.75, 3.05) is 18.9 Å². The van der Waals surface area contributed by atoms with Gasteiger partial charge in [-0.2, -0.15) is 0 Å². The van der Waals surface area contributed by atoms with Crippen molar-refractivity contribution >= 4 is 41.1 Å². The zero-order valence-corrected chi connectivity index (χ0v) is 17.5. The number of para-hydroxylation sites is 1. The van der Waals surface area contributed by atoms with Gasteiger partial charge in [0.15, 0.2) is 5.96 Å². The zero-order chi connectivity index (χ0) is 24.4.